The highest BCUT2D eigenvalue weighted by atomic mass is 15.1. The summed E-state index contributed by atoms with van der Waals surface area (Å²) < 4.78 is 0. The molecule has 14 heavy (non-hydrogen) atoms. The van der Waals surface area contributed by atoms with Gasteiger partial charge in [0.15, 0.2) is 0 Å². The number of hydrogen-bond acceptors (Lipinski definition) is 1. The number of hydrogen-bond donors (Lipinski definition) is 1. The van der Waals surface area contributed by atoms with Gasteiger partial charge in [-0.2, -0.15) is 0 Å². The lowest BCUT2D eigenvalue weighted by Crippen LogP contribution is -2.31. The highest BCUT2D eigenvalue weighted by molar-refractivity contribution is 5.81. The van der Waals surface area contributed by atoms with Gasteiger partial charge in [-0.05, 0) is 31.6 Å². The quantitative estimate of drug-likeness (QED) is 0.545. The second-order valence-electron chi connectivity index (χ2n) is 4.79. The fourth-order valence-corrected chi connectivity index (χ4v) is 2.50. The third kappa shape index (κ3) is 3.00. The first kappa shape index (κ1) is 11.5. The number of nitrogens with one attached hydrogen (secondary N) is 1. The molecule has 1 saturated carbocycles. The van der Waals surface area contributed by atoms with Crippen molar-refractivity contribution < 1.29 is 0 Å². The van der Waals surface area contributed by atoms with E-state index in [1.165, 1.54) is 38.5 Å². The van der Waals surface area contributed by atoms with Crippen molar-refractivity contribution in [2.75, 3.05) is 14.1 Å². The molecule has 2 nitrogen and oxygen atoms in total. The van der Waals surface area contributed by atoms with Crippen LogP contribution in [0.1, 0.15) is 45.4 Å². The minimum absolute atomic E-state index is 0.540. The molecule has 0 atom stereocenters. The maximum Gasteiger partial charge on any atom is 0.0984 e. The van der Waals surface area contributed by atoms with Gasteiger partial charge in [0.1, 0.15) is 0 Å². The Balaban J connectivity index is 2.32. The molecule has 0 unspecified atom stereocenters. The molecular formula is C12H24N2. The summed E-state index contributed by atoms with van der Waals surface area (Å²) in [4.78, 5) is 1.96. The van der Waals surface area contributed by atoms with Crippen LogP contribution in [0, 0.1) is 17.2 Å². The Morgan fingerprint density at radius 1 is 1.21 bits per heavy atom. The standard InChI is InChI=1S/C12H24N2/c1-4-5-10-6-8-11(9-7-10)12(13)14(2)3/h10-11,13H,4-9H2,1-3H3. The van der Waals surface area contributed by atoms with E-state index in [2.05, 4.69) is 6.92 Å². The summed E-state index contributed by atoms with van der Waals surface area (Å²) in [6.07, 6.45) is 7.87. The highest BCUT2D eigenvalue weighted by Gasteiger charge is 2.24. The van der Waals surface area contributed by atoms with Crippen molar-refractivity contribution in [3.05, 3.63) is 0 Å². The summed E-state index contributed by atoms with van der Waals surface area (Å²) in [5, 5.41) is 7.93. The molecule has 0 radical (unpaired) electrons. The summed E-state index contributed by atoms with van der Waals surface area (Å²) >= 11 is 0. The molecule has 1 N–H and O–H groups in total. The largest absolute Gasteiger partial charge is 0.366 e. The third-order valence-corrected chi connectivity index (χ3v) is 3.41. The molecule has 0 saturated heterocycles. The van der Waals surface area contributed by atoms with E-state index in [1.54, 1.807) is 0 Å². The fourth-order valence-electron chi connectivity index (χ4n) is 2.50. The van der Waals surface area contributed by atoms with Crippen LogP contribution in [0.25, 0.3) is 0 Å². The molecule has 82 valence electrons. The molecule has 0 aromatic rings. The lowest BCUT2D eigenvalue weighted by molar-refractivity contribution is 0.293. The van der Waals surface area contributed by atoms with Crippen molar-refractivity contribution >= 4 is 5.84 Å². The summed E-state index contributed by atoms with van der Waals surface area (Å²) in [5.41, 5.74) is 0. The zero-order valence-corrected chi connectivity index (χ0v) is 9.84. The first-order valence-electron chi connectivity index (χ1n) is 5.91. The topological polar surface area (TPSA) is 27.1 Å². The summed E-state index contributed by atoms with van der Waals surface area (Å²) in [6, 6.07) is 0. The predicted octanol–water partition coefficient (Wildman–Crippen LogP) is 3.13. The fraction of sp³-hybridized carbons (Fsp3) is 0.917. The SMILES string of the molecule is CCCC1CCC(C(=N)N(C)C)CC1. The van der Waals surface area contributed by atoms with Crippen molar-refractivity contribution in [1.82, 2.24) is 4.90 Å². The van der Waals surface area contributed by atoms with Gasteiger partial charge in [-0.1, -0.05) is 19.8 Å². The Labute approximate surface area is 88.2 Å². The van der Waals surface area contributed by atoms with E-state index in [9.17, 15) is 0 Å². The van der Waals surface area contributed by atoms with E-state index >= 15 is 0 Å². The molecule has 0 aliphatic heterocycles. The van der Waals surface area contributed by atoms with Crippen LogP contribution in [0.2, 0.25) is 0 Å². The second kappa shape index (κ2) is 5.38. The molecule has 0 aromatic heterocycles. The molecule has 1 rings (SSSR count). The van der Waals surface area contributed by atoms with Crippen LogP contribution in [0.3, 0.4) is 0 Å². The first-order valence-corrected chi connectivity index (χ1v) is 5.91. The molecule has 0 aromatic carbocycles. The Hall–Kier alpha value is -0.530. The smallest absolute Gasteiger partial charge is 0.0984 e. The Bertz CT molecular complexity index is 179. The van der Waals surface area contributed by atoms with Crippen molar-refractivity contribution in [2.45, 2.75) is 45.4 Å². The van der Waals surface area contributed by atoms with Crippen LogP contribution >= 0.6 is 0 Å². The number of amidine groups is 1. The Morgan fingerprint density at radius 2 is 1.79 bits per heavy atom. The van der Waals surface area contributed by atoms with Gasteiger partial charge in [0.2, 0.25) is 0 Å². The van der Waals surface area contributed by atoms with Crippen LogP contribution in [-0.4, -0.2) is 24.8 Å². The zero-order valence-electron chi connectivity index (χ0n) is 9.84. The van der Waals surface area contributed by atoms with Crippen molar-refractivity contribution in [3.8, 4) is 0 Å². The average Bonchev–Trinajstić information content (AvgIpc) is 2.18. The average molecular weight is 196 g/mol. The van der Waals surface area contributed by atoms with Crippen molar-refractivity contribution in [1.29, 1.82) is 5.41 Å². The summed E-state index contributed by atoms with van der Waals surface area (Å²) in [6.45, 7) is 2.27. The lowest BCUT2D eigenvalue weighted by atomic mass is 9.79. The molecule has 2 heteroatoms. The normalized spacial score (nSPS) is 27.4. The molecule has 0 bridgehead atoms. The van der Waals surface area contributed by atoms with E-state index in [1.807, 2.05) is 19.0 Å². The van der Waals surface area contributed by atoms with E-state index in [0.29, 0.717) is 5.92 Å². The molecule has 0 heterocycles. The second-order valence-corrected chi connectivity index (χ2v) is 4.79. The summed E-state index contributed by atoms with van der Waals surface area (Å²) in [7, 11) is 3.97. The number of nitrogens with zero attached hydrogens (tertiary/aromatic N) is 1. The molecule has 1 aliphatic rings. The molecule has 1 aliphatic carbocycles. The van der Waals surface area contributed by atoms with Gasteiger partial charge in [0, 0.05) is 20.0 Å². The predicted molar refractivity (Wildman–Crippen MR) is 61.8 cm³/mol. The van der Waals surface area contributed by atoms with Gasteiger partial charge >= 0.3 is 0 Å². The minimum atomic E-state index is 0.540. The van der Waals surface area contributed by atoms with E-state index in [-0.39, 0.29) is 0 Å². The van der Waals surface area contributed by atoms with Gasteiger partial charge in [-0.25, -0.2) is 0 Å². The zero-order chi connectivity index (χ0) is 10.6. The third-order valence-electron chi connectivity index (χ3n) is 3.41. The summed E-state index contributed by atoms with van der Waals surface area (Å²) in [5.74, 6) is 2.32. The molecule has 1 fully saturated rings. The van der Waals surface area contributed by atoms with Gasteiger partial charge in [-0.15, -0.1) is 0 Å². The van der Waals surface area contributed by atoms with Gasteiger partial charge in [0.05, 0.1) is 5.84 Å². The van der Waals surface area contributed by atoms with Crippen molar-refractivity contribution in [2.24, 2.45) is 11.8 Å². The van der Waals surface area contributed by atoms with E-state index in [4.69, 9.17) is 5.41 Å². The van der Waals surface area contributed by atoms with Crippen LogP contribution in [0.4, 0.5) is 0 Å². The molecule has 0 amide bonds. The lowest BCUT2D eigenvalue weighted by Gasteiger charge is -2.31. The Morgan fingerprint density at radius 3 is 2.21 bits per heavy atom. The van der Waals surface area contributed by atoms with Crippen LogP contribution < -0.4 is 0 Å². The maximum atomic E-state index is 7.93. The van der Waals surface area contributed by atoms with Gasteiger partial charge in [0.25, 0.3) is 0 Å². The molecular weight excluding hydrogens is 172 g/mol. The monoisotopic (exact) mass is 196 g/mol. The van der Waals surface area contributed by atoms with Gasteiger partial charge in [-0.3, -0.25) is 5.41 Å². The van der Waals surface area contributed by atoms with E-state index < -0.39 is 0 Å². The minimum Gasteiger partial charge on any atom is -0.366 e. The molecule has 0 spiro atoms. The Kier molecular flexibility index (Phi) is 4.43. The number of rotatable bonds is 3. The van der Waals surface area contributed by atoms with Crippen LogP contribution in [0.5, 0.6) is 0 Å². The maximum absolute atomic E-state index is 7.93. The highest BCUT2D eigenvalue weighted by Crippen LogP contribution is 2.32. The van der Waals surface area contributed by atoms with Crippen LogP contribution in [-0.2, 0) is 0 Å². The van der Waals surface area contributed by atoms with E-state index in [0.717, 1.165) is 11.8 Å². The van der Waals surface area contributed by atoms with Crippen molar-refractivity contribution in [3.63, 3.8) is 0 Å². The first-order chi connectivity index (χ1) is 6.65. The van der Waals surface area contributed by atoms with Gasteiger partial charge < -0.3 is 4.90 Å². The van der Waals surface area contributed by atoms with Crippen LogP contribution in [0.15, 0.2) is 0 Å².